The summed E-state index contributed by atoms with van der Waals surface area (Å²) in [5.41, 5.74) is 1.75. The summed E-state index contributed by atoms with van der Waals surface area (Å²) in [6.07, 6.45) is 6.43. The maximum atomic E-state index is 14.4. The highest BCUT2D eigenvalue weighted by molar-refractivity contribution is 6.39. The monoisotopic (exact) mass is 817 g/mol. The van der Waals surface area contributed by atoms with Crippen molar-refractivity contribution < 1.29 is 57.8 Å². The predicted molar refractivity (Wildman–Crippen MR) is 217 cm³/mol. The van der Waals surface area contributed by atoms with Gasteiger partial charge >= 0.3 is 5.97 Å². The zero-order valence-electron chi connectivity index (χ0n) is 36.4. The van der Waals surface area contributed by atoms with Gasteiger partial charge in [-0.15, -0.1) is 6.58 Å². The van der Waals surface area contributed by atoms with E-state index >= 15 is 0 Å². The average molecular weight is 818 g/mol. The maximum Gasteiger partial charge on any atom is 0.329 e. The van der Waals surface area contributed by atoms with Crippen LogP contribution in [-0.4, -0.2) is 128 Å². The van der Waals surface area contributed by atoms with Gasteiger partial charge in [0.25, 0.3) is 11.7 Å². The molecule has 0 spiro atoms. The van der Waals surface area contributed by atoms with E-state index < -0.39 is 83.9 Å². The fourth-order valence-corrected chi connectivity index (χ4v) is 9.71. The normalized spacial score (nSPS) is 40.5. The Kier molecular flexibility index (Phi) is 17.9. The number of carbonyl (C=O) groups excluding carboxylic acids is 4. The van der Waals surface area contributed by atoms with Gasteiger partial charge < -0.3 is 43.5 Å². The highest BCUT2D eigenvalue weighted by Gasteiger charge is 2.56. The molecule has 0 radical (unpaired) electrons. The minimum absolute atomic E-state index is 0.0299. The lowest BCUT2D eigenvalue weighted by molar-refractivity contribution is -0.302. The van der Waals surface area contributed by atoms with Crippen molar-refractivity contribution in [2.45, 2.75) is 160 Å². The molecule has 2 N–H and O–H groups in total. The Labute approximate surface area is 345 Å². The van der Waals surface area contributed by atoms with Gasteiger partial charge in [0.1, 0.15) is 24.0 Å². The Hall–Kier alpha value is -2.78. The number of carbonyl (C=O) groups is 4. The van der Waals surface area contributed by atoms with Gasteiger partial charge in [-0.1, -0.05) is 44.6 Å². The molecular formula is C45H71NO12. The molecule has 4 rings (SSSR count). The van der Waals surface area contributed by atoms with Crippen LogP contribution in [0.25, 0.3) is 0 Å². The fraction of sp³-hybridized carbons (Fsp3) is 0.778. The number of hydrogen-bond acceptors (Lipinski definition) is 12. The highest BCUT2D eigenvalue weighted by atomic mass is 16.7. The lowest BCUT2D eigenvalue weighted by Gasteiger charge is -2.47. The second-order valence-electron chi connectivity index (χ2n) is 17.5. The van der Waals surface area contributed by atoms with Gasteiger partial charge in [0, 0.05) is 59.2 Å². The molecule has 2 bridgehead atoms. The molecule has 3 heterocycles. The fourth-order valence-electron chi connectivity index (χ4n) is 9.71. The van der Waals surface area contributed by atoms with Gasteiger partial charge in [-0.05, 0) is 95.5 Å². The van der Waals surface area contributed by atoms with Crippen molar-refractivity contribution in [1.29, 1.82) is 0 Å². The average Bonchev–Trinajstić information content (AvgIpc) is 3.20. The predicted octanol–water partition coefficient (Wildman–Crippen LogP) is 5.29. The third-order valence-corrected chi connectivity index (χ3v) is 13.1. The standard InChI is InChI=1S/C45H71NO12/c1-11-14-32-20-26(2)19-27(3)21-38(55-9)41-39(56-10)23-29(5)45(52,58-41)42(49)43(50)46-18-13-12-15-33(46)44(51)57-40(30(6)36(53-7)25-35(32)48)28(4)22-31-16-17-34(47)37(24-31)54-8/h11,20,22,27,29-34,36-41,47,52H,1,12-19,21,23-25H2,2-10H3/b26-20+,28-22+/t27-,29+,30+,31-,32+,33-,34+,36-,37+,38-,39-,40+,41+,45+/m0/s1. The first kappa shape index (κ1) is 47.9. The Bertz CT molecular complexity index is 1500. The molecule has 1 saturated carbocycles. The second-order valence-corrected chi connectivity index (χ2v) is 17.5. The van der Waals surface area contributed by atoms with E-state index in [1.807, 2.05) is 26.8 Å². The van der Waals surface area contributed by atoms with Crippen LogP contribution in [0.15, 0.2) is 36.0 Å². The number of ketones is 2. The van der Waals surface area contributed by atoms with Gasteiger partial charge in [-0.3, -0.25) is 14.4 Å². The van der Waals surface area contributed by atoms with Crippen LogP contribution in [0.3, 0.4) is 0 Å². The number of nitrogens with zero attached hydrogens (tertiary/aromatic N) is 1. The smallest absolute Gasteiger partial charge is 0.329 e. The summed E-state index contributed by atoms with van der Waals surface area (Å²) >= 11 is 0. The first-order valence-electron chi connectivity index (χ1n) is 21.3. The minimum atomic E-state index is -2.49. The SMILES string of the molecule is C=CC[C@@H]1/C=C(\C)C[C@H](C)C[C@H](OC)[C@H]2O[C@@](O)(C(=O)C(=O)N3CCCC[C@H]3C(=O)O[C@H](/C(C)=C/[C@@H]3CC[C@@H](O)[C@H](OC)C3)[C@H](C)[C@@H](OC)CC1=O)[C@H](C)C[C@@H]2OC. The van der Waals surface area contributed by atoms with Crippen LogP contribution in [0.5, 0.6) is 0 Å². The van der Waals surface area contributed by atoms with Gasteiger partial charge in [0.2, 0.25) is 5.79 Å². The second kappa shape index (κ2) is 21.7. The van der Waals surface area contributed by atoms with E-state index in [0.717, 1.165) is 11.1 Å². The zero-order valence-corrected chi connectivity index (χ0v) is 36.4. The van der Waals surface area contributed by atoms with Crippen molar-refractivity contribution in [3.8, 4) is 0 Å². The molecule has 0 aromatic carbocycles. The first-order valence-corrected chi connectivity index (χ1v) is 21.3. The van der Waals surface area contributed by atoms with E-state index in [1.54, 1.807) is 27.2 Å². The molecule has 4 aliphatic rings. The van der Waals surface area contributed by atoms with Crippen molar-refractivity contribution in [2.75, 3.05) is 35.0 Å². The van der Waals surface area contributed by atoms with Crippen LogP contribution in [0.2, 0.25) is 0 Å². The third-order valence-electron chi connectivity index (χ3n) is 13.1. The van der Waals surface area contributed by atoms with Crippen molar-refractivity contribution in [1.82, 2.24) is 4.90 Å². The maximum absolute atomic E-state index is 14.4. The lowest BCUT2D eigenvalue weighted by atomic mass is 9.81. The summed E-state index contributed by atoms with van der Waals surface area (Å²) in [5.74, 6) is -7.09. The van der Waals surface area contributed by atoms with Gasteiger partial charge in [0.05, 0.1) is 30.5 Å². The lowest BCUT2D eigenvalue weighted by Crippen LogP contribution is -2.64. The Balaban J connectivity index is 1.80. The largest absolute Gasteiger partial charge is 0.456 e. The summed E-state index contributed by atoms with van der Waals surface area (Å²) in [5, 5.41) is 22.5. The van der Waals surface area contributed by atoms with Crippen LogP contribution in [-0.2, 0) is 47.6 Å². The van der Waals surface area contributed by atoms with Gasteiger partial charge in [-0.2, -0.15) is 0 Å². The molecule has 2 saturated heterocycles. The van der Waals surface area contributed by atoms with Crippen LogP contribution in [0, 0.1) is 29.6 Å². The molecule has 3 fully saturated rings. The van der Waals surface area contributed by atoms with Crippen LogP contribution >= 0.6 is 0 Å². The molecule has 13 heteroatoms. The molecule has 14 atom stereocenters. The number of hydrogen-bond donors (Lipinski definition) is 2. The number of esters is 1. The Morgan fingerprint density at radius 1 is 0.914 bits per heavy atom. The first-order chi connectivity index (χ1) is 27.5. The van der Waals surface area contributed by atoms with E-state index in [2.05, 4.69) is 19.6 Å². The zero-order chi connectivity index (χ0) is 42.9. The van der Waals surface area contributed by atoms with Crippen molar-refractivity contribution in [2.24, 2.45) is 29.6 Å². The summed E-state index contributed by atoms with van der Waals surface area (Å²) in [7, 11) is 6.20. The van der Waals surface area contributed by atoms with E-state index in [0.29, 0.717) is 51.4 Å². The van der Waals surface area contributed by atoms with Crippen molar-refractivity contribution >= 4 is 23.4 Å². The molecule has 1 aliphatic carbocycles. The van der Waals surface area contributed by atoms with Crippen LogP contribution < -0.4 is 0 Å². The number of allylic oxidation sites excluding steroid dienone is 4. The number of Topliss-reactive ketones (excluding diaryl/α,β-unsaturated/α-hetero) is 2. The quantitative estimate of drug-likeness (QED) is 0.185. The number of cyclic esters (lactones) is 1. The number of amides is 1. The summed E-state index contributed by atoms with van der Waals surface area (Å²) < 4.78 is 36.0. The number of methoxy groups -OCH3 is 4. The van der Waals surface area contributed by atoms with Gasteiger partial charge in [-0.25, -0.2) is 4.79 Å². The van der Waals surface area contributed by atoms with E-state index in [-0.39, 0.29) is 49.5 Å². The summed E-state index contributed by atoms with van der Waals surface area (Å²) in [6, 6.07) is -1.10. The van der Waals surface area contributed by atoms with Crippen molar-refractivity contribution in [3.05, 3.63) is 36.0 Å². The molecule has 1 amide bonds. The third kappa shape index (κ3) is 11.3. The molecule has 58 heavy (non-hydrogen) atoms. The number of fused-ring (bicyclic) bond motifs is 3. The molecule has 3 aliphatic heterocycles. The number of ether oxygens (including phenoxy) is 6. The molecule has 0 aromatic rings. The molecule has 328 valence electrons. The number of piperidine rings is 1. The van der Waals surface area contributed by atoms with E-state index in [9.17, 15) is 29.4 Å². The number of aliphatic hydroxyl groups is 2. The minimum Gasteiger partial charge on any atom is -0.456 e. The number of rotatable bonds is 8. The van der Waals surface area contributed by atoms with Crippen molar-refractivity contribution in [3.63, 3.8) is 0 Å². The van der Waals surface area contributed by atoms with E-state index in [1.165, 1.54) is 19.1 Å². The molecular weight excluding hydrogens is 746 g/mol. The summed E-state index contributed by atoms with van der Waals surface area (Å²) in [6.45, 7) is 13.5. The van der Waals surface area contributed by atoms with Crippen LogP contribution in [0.4, 0.5) is 0 Å². The number of aliphatic hydroxyl groups excluding tert-OH is 1. The molecule has 0 aromatic heterocycles. The molecule has 0 unspecified atom stereocenters. The Morgan fingerprint density at radius 3 is 2.21 bits per heavy atom. The van der Waals surface area contributed by atoms with E-state index in [4.69, 9.17) is 28.4 Å². The highest BCUT2D eigenvalue weighted by Crippen LogP contribution is 2.39. The summed E-state index contributed by atoms with van der Waals surface area (Å²) in [4.78, 5) is 58.3. The molecule has 13 nitrogen and oxygen atoms in total. The topological polar surface area (TPSA) is 167 Å². The Morgan fingerprint density at radius 2 is 1.57 bits per heavy atom. The van der Waals surface area contributed by atoms with Gasteiger partial charge in [0.15, 0.2) is 0 Å². The van der Waals surface area contributed by atoms with Crippen LogP contribution in [0.1, 0.15) is 105 Å².